The van der Waals surface area contributed by atoms with Crippen LogP contribution in [-0.4, -0.2) is 14.3 Å². The number of halogens is 1. The van der Waals surface area contributed by atoms with E-state index in [1.54, 1.807) is 0 Å². The fourth-order valence-electron chi connectivity index (χ4n) is 1.96. The van der Waals surface area contributed by atoms with Crippen LogP contribution in [0.25, 0.3) is 0 Å². The predicted octanol–water partition coefficient (Wildman–Crippen LogP) is 2.86. The van der Waals surface area contributed by atoms with E-state index in [0.29, 0.717) is 11.4 Å². The number of amides is 1. The maximum atomic E-state index is 12.2. The zero-order valence-corrected chi connectivity index (χ0v) is 16.1. The first-order valence-corrected chi connectivity index (χ1v) is 9.62. The van der Waals surface area contributed by atoms with Crippen LogP contribution in [0.3, 0.4) is 0 Å². The van der Waals surface area contributed by atoms with E-state index < -0.39 is 15.9 Å². The van der Waals surface area contributed by atoms with Gasteiger partial charge in [0.05, 0.1) is 10.6 Å². The van der Waals surface area contributed by atoms with Gasteiger partial charge in [0.1, 0.15) is 11.6 Å². The molecule has 0 bridgehead atoms. The van der Waals surface area contributed by atoms with Gasteiger partial charge in [-0.15, -0.1) is 0 Å². The van der Waals surface area contributed by atoms with Gasteiger partial charge < -0.3 is 10.6 Å². The Balaban J connectivity index is 2.12. The Morgan fingerprint density at radius 2 is 1.88 bits per heavy atom. The average molecular weight is 435 g/mol. The number of benzene rings is 2. The van der Waals surface area contributed by atoms with Crippen molar-refractivity contribution < 1.29 is 13.2 Å². The first-order chi connectivity index (χ1) is 12.2. The quantitative estimate of drug-likeness (QED) is 0.492. The Hall–Kier alpha value is -2.67. The first kappa shape index (κ1) is 19.7. The molecule has 0 radical (unpaired) electrons. The second kappa shape index (κ2) is 8.14. The molecule has 0 fully saturated rings. The van der Waals surface area contributed by atoms with Crippen LogP contribution in [0.4, 0.5) is 11.4 Å². The molecule has 0 aliphatic heterocycles. The molecule has 2 aromatic carbocycles. The van der Waals surface area contributed by atoms with Crippen molar-refractivity contribution in [2.45, 2.75) is 11.8 Å². The summed E-state index contributed by atoms with van der Waals surface area (Å²) < 4.78 is 23.2. The molecule has 0 aliphatic carbocycles. The molecule has 0 aromatic heterocycles. The molecule has 0 aliphatic rings. The van der Waals surface area contributed by atoms with Crippen LogP contribution in [0.1, 0.15) is 5.56 Å². The SMILES string of the molecule is Cc1ccc(N/C=C(/C#N)C(=O)Nc2ccc(S(N)(=O)=O)cc2)c(Br)c1. The lowest BCUT2D eigenvalue weighted by molar-refractivity contribution is -0.112. The maximum Gasteiger partial charge on any atom is 0.267 e. The highest BCUT2D eigenvalue weighted by atomic mass is 79.9. The van der Waals surface area contributed by atoms with Gasteiger partial charge in [0.2, 0.25) is 10.0 Å². The van der Waals surface area contributed by atoms with E-state index in [9.17, 15) is 18.5 Å². The molecule has 0 atom stereocenters. The van der Waals surface area contributed by atoms with Gasteiger partial charge in [0.15, 0.2) is 0 Å². The highest BCUT2D eigenvalue weighted by Gasteiger charge is 2.11. The van der Waals surface area contributed by atoms with Gasteiger partial charge >= 0.3 is 0 Å². The number of rotatable bonds is 5. The summed E-state index contributed by atoms with van der Waals surface area (Å²) in [5.41, 5.74) is 1.95. The minimum Gasteiger partial charge on any atom is -0.359 e. The number of carbonyl (C=O) groups excluding carboxylic acids is 1. The molecule has 0 saturated heterocycles. The second-order valence-electron chi connectivity index (χ2n) is 5.32. The summed E-state index contributed by atoms with van der Waals surface area (Å²) >= 11 is 3.40. The number of sulfonamides is 1. The highest BCUT2D eigenvalue weighted by Crippen LogP contribution is 2.23. The van der Waals surface area contributed by atoms with Crippen LogP contribution in [-0.2, 0) is 14.8 Å². The van der Waals surface area contributed by atoms with E-state index in [0.717, 1.165) is 10.0 Å². The maximum absolute atomic E-state index is 12.2. The lowest BCUT2D eigenvalue weighted by atomic mass is 10.2. The minimum absolute atomic E-state index is 0.0718. The Kier molecular flexibility index (Phi) is 6.15. The summed E-state index contributed by atoms with van der Waals surface area (Å²) in [4.78, 5) is 12.1. The van der Waals surface area contributed by atoms with Crippen molar-refractivity contribution in [3.63, 3.8) is 0 Å². The number of anilines is 2. The van der Waals surface area contributed by atoms with Crippen LogP contribution >= 0.6 is 15.9 Å². The van der Waals surface area contributed by atoms with Gasteiger partial charge in [-0.2, -0.15) is 5.26 Å². The number of nitriles is 1. The number of nitrogens with one attached hydrogen (secondary N) is 2. The number of nitrogens with two attached hydrogens (primary N) is 1. The van der Waals surface area contributed by atoms with E-state index in [4.69, 9.17) is 5.14 Å². The fraction of sp³-hybridized carbons (Fsp3) is 0.0588. The third kappa shape index (κ3) is 5.16. The summed E-state index contributed by atoms with van der Waals surface area (Å²) in [5, 5.41) is 19.6. The molecule has 9 heteroatoms. The van der Waals surface area contributed by atoms with E-state index in [1.165, 1.54) is 30.5 Å². The van der Waals surface area contributed by atoms with Gasteiger partial charge in [0.25, 0.3) is 5.91 Å². The van der Waals surface area contributed by atoms with Crippen molar-refractivity contribution in [3.8, 4) is 6.07 Å². The Labute approximate surface area is 159 Å². The van der Waals surface area contributed by atoms with Crippen LogP contribution in [0.2, 0.25) is 0 Å². The molecular weight excluding hydrogens is 420 g/mol. The lowest BCUT2D eigenvalue weighted by Gasteiger charge is -2.07. The highest BCUT2D eigenvalue weighted by molar-refractivity contribution is 9.10. The topological polar surface area (TPSA) is 125 Å². The van der Waals surface area contributed by atoms with E-state index in [1.807, 2.05) is 31.2 Å². The molecule has 0 spiro atoms. The molecular formula is C17H15BrN4O3S. The van der Waals surface area contributed by atoms with Gasteiger partial charge in [0, 0.05) is 16.4 Å². The largest absolute Gasteiger partial charge is 0.359 e. The third-order valence-electron chi connectivity index (χ3n) is 3.30. The summed E-state index contributed by atoms with van der Waals surface area (Å²) in [6.07, 6.45) is 1.30. The fourth-order valence-corrected chi connectivity index (χ4v) is 3.09. The number of nitrogens with zero attached hydrogens (tertiary/aromatic N) is 1. The van der Waals surface area contributed by atoms with Crippen molar-refractivity contribution in [2.24, 2.45) is 5.14 Å². The Morgan fingerprint density at radius 3 is 2.42 bits per heavy atom. The second-order valence-corrected chi connectivity index (χ2v) is 7.74. The number of carbonyl (C=O) groups is 1. The zero-order chi connectivity index (χ0) is 19.3. The van der Waals surface area contributed by atoms with Crippen molar-refractivity contribution in [1.29, 1.82) is 5.26 Å². The van der Waals surface area contributed by atoms with Crippen LogP contribution in [0.5, 0.6) is 0 Å². The van der Waals surface area contributed by atoms with Crippen molar-refractivity contribution in [1.82, 2.24) is 0 Å². The summed E-state index contributed by atoms with van der Waals surface area (Å²) in [7, 11) is -3.81. The number of aryl methyl sites for hydroxylation is 1. The number of primary sulfonamides is 1. The normalized spacial score (nSPS) is 11.5. The summed E-state index contributed by atoms with van der Waals surface area (Å²) in [5.74, 6) is -0.633. The van der Waals surface area contributed by atoms with Crippen LogP contribution in [0, 0.1) is 18.3 Å². The molecule has 26 heavy (non-hydrogen) atoms. The molecule has 2 rings (SSSR count). The Bertz CT molecular complexity index is 1010. The lowest BCUT2D eigenvalue weighted by Crippen LogP contribution is -2.15. The Morgan fingerprint density at radius 1 is 1.23 bits per heavy atom. The van der Waals surface area contributed by atoms with Crippen molar-refractivity contribution in [2.75, 3.05) is 10.6 Å². The van der Waals surface area contributed by atoms with E-state index >= 15 is 0 Å². The van der Waals surface area contributed by atoms with Gasteiger partial charge in [-0.3, -0.25) is 4.79 Å². The standard InChI is InChI=1S/C17H15BrN4O3S/c1-11-2-7-16(15(18)8-11)21-10-12(9-19)17(23)22-13-3-5-14(6-4-13)26(20,24)25/h2-8,10,21H,1H3,(H,22,23)(H2,20,24,25)/b12-10-. The predicted molar refractivity (Wildman–Crippen MR) is 103 cm³/mol. The van der Waals surface area contributed by atoms with E-state index in [2.05, 4.69) is 26.6 Å². The molecule has 7 nitrogen and oxygen atoms in total. The number of hydrogen-bond acceptors (Lipinski definition) is 5. The molecule has 0 saturated carbocycles. The monoisotopic (exact) mass is 434 g/mol. The van der Waals surface area contributed by atoms with Crippen molar-refractivity contribution >= 4 is 43.2 Å². The van der Waals surface area contributed by atoms with Crippen LogP contribution < -0.4 is 15.8 Å². The van der Waals surface area contributed by atoms with E-state index in [-0.39, 0.29) is 10.5 Å². The summed E-state index contributed by atoms with van der Waals surface area (Å²) in [6, 6.07) is 12.7. The molecule has 1 amide bonds. The van der Waals surface area contributed by atoms with Gasteiger partial charge in [-0.1, -0.05) is 6.07 Å². The van der Waals surface area contributed by atoms with Gasteiger partial charge in [-0.05, 0) is 64.8 Å². The molecule has 134 valence electrons. The number of hydrogen-bond donors (Lipinski definition) is 3. The summed E-state index contributed by atoms with van der Waals surface area (Å²) in [6.45, 7) is 1.94. The van der Waals surface area contributed by atoms with Gasteiger partial charge in [-0.25, -0.2) is 13.6 Å². The zero-order valence-electron chi connectivity index (χ0n) is 13.7. The van der Waals surface area contributed by atoms with Crippen molar-refractivity contribution in [3.05, 3.63) is 64.3 Å². The molecule has 0 heterocycles. The third-order valence-corrected chi connectivity index (χ3v) is 4.89. The molecule has 4 N–H and O–H groups in total. The minimum atomic E-state index is -3.81. The molecule has 2 aromatic rings. The smallest absolute Gasteiger partial charge is 0.267 e. The average Bonchev–Trinajstić information content (AvgIpc) is 2.56. The first-order valence-electron chi connectivity index (χ1n) is 7.28. The van der Waals surface area contributed by atoms with Crippen LogP contribution in [0.15, 0.2) is 63.6 Å². The molecule has 0 unspecified atom stereocenters.